The number of nitrogens with one attached hydrogen (secondary N) is 2. The van der Waals surface area contributed by atoms with Crippen LogP contribution in [0.2, 0.25) is 10.0 Å². The summed E-state index contributed by atoms with van der Waals surface area (Å²) >= 11 is 12.4. The molecule has 0 aliphatic rings. The van der Waals surface area contributed by atoms with Gasteiger partial charge in [-0.3, -0.25) is 15.0 Å². The molecule has 4 rings (SSSR count). The molecule has 0 saturated carbocycles. The number of amides is 3. The van der Waals surface area contributed by atoms with Gasteiger partial charge in [-0.05, 0) is 48.0 Å². The first-order chi connectivity index (χ1) is 19.8. The number of hydrogen-bond acceptors (Lipinski definition) is 9. The summed E-state index contributed by atoms with van der Waals surface area (Å²) in [6.07, 6.45) is -4.28. The minimum absolute atomic E-state index is 0.0311. The Hall–Kier alpha value is -4.77. The fourth-order valence-electron chi connectivity index (χ4n) is 3.59. The Morgan fingerprint density at radius 1 is 1.12 bits per heavy atom. The number of aryl methyl sites for hydroxylation is 1. The predicted molar refractivity (Wildman–Crippen MR) is 140 cm³/mol. The predicted octanol–water partition coefficient (Wildman–Crippen LogP) is 3.53. The third-order valence-corrected chi connectivity index (χ3v) is 5.96. The Labute approximate surface area is 244 Å². The van der Waals surface area contributed by atoms with Crippen LogP contribution in [0.3, 0.4) is 0 Å². The van der Waals surface area contributed by atoms with Crippen molar-refractivity contribution in [3.05, 3.63) is 74.9 Å². The van der Waals surface area contributed by atoms with E-state index in [4.69, 9.17) is 23.2 Å². The highest BCUT2D eigenvalue weighted by Crippen LogP contribution is 2.28. The van der Waals surface area contributed by atoms with Crippen molar-refractivity contribution in [3.63, 3.8) is 0 Å². The lowest BCUT2D eigenvalue weighted by atomic mass is 10.1. The molecule has 19 heteroatoms. The average molecular weight is 627 g/mol. The van der Waals surface area contributed by atoms with Crippen LogP contribution in [0.15, 0.2) is 36.5 Å². The minimum Gasteiger partial charge on any atom is -0.452 e. The van der Waals surface area contributed by atoms with Crippen LogP contribution < -0.4 is 10.7 Å². The Morgan fingerprint density at radius 2 is 1.86 bits per heavy atom. The molecule has 3 heterocycles. The number of hydrazine groups is 1. The molecule has 0 atom stereocenters. The van der Waals surface area contributed by atoms with E-state index >= 15 is 0 Å². The summed E-state index contributed by atoms with van der Waals surface area (Å²) in [7, 11) is 2.37. The zero-order valence-corrected chi connectivity index (χ0v) is 23.3. The summed E-state index contributed by atoms with van der Waals surface area (Å²) in [4.78, 5) is 43.2. The van der Waals surface area contributed by atoms with E-state index in [0.717, 1.165) is 16.8 Å². The number of ether oxygens (including phenoxy) is 1. The number of anilines is 1. The van der Waals surface area contributed by atoms with Gasteiger partial charge in [0, 0.05) is 18.3 Å². The molecule has 0 spiro atoms. The third-order valence-electron chi connectivity index (χ3n) is 5.44. The Kier molecular flexibility index (Phi) is 8.62. The van der Waals surface area contributed by atoms with Gasteiger partial charge in [0.15, 0.2) is 5.82 Å². The molecule has 220 valence electrons. The molecule has 0 fully saturated rings. The van der Waals surface area contributed by atoms with Crippen molar-refractivity contribution in [3.8, 4) is 5.82 Å². The summed E-state index contributed by atoms with van der Waals surface area (Å²) in [6, 6.07) is 7.06. The van der Waals surface area contributed by atoms with Crippen LogP contribution in [0.1, 0.15) is 37.9 Å². The highest BCUT2D eigenvalue weighted by atomic mass is 35.5. The normalized spacial score (nSPS) is 11.2. The number of benzene rings is 1. The molecule has 0 aliphatic carbocycles. The molecule has 0 aliphatic heterocycles. The zero-order valence-electron chi connectivity index (χ0n) is 21.8. The van der Waals surface area contributed by atoms with Crippen molar-refractivity contribution in [1.82, 2.24) is 45.4 Å². The van der Waals surface area contributed by atoms with E-state index in [0.29, 0.717) is 10.4 Å². The number of pyridine rings is 1. The van der Waals surface area contributed by atoms with E-state index in [-0.39, 0.29) is 38.5 Å². The van der Waals surface area contributed by atoms with Crippen LogP contribution in [0.4, 0.5) is 23.7 Å². The maximum absolute atomic E-state index is 13.6. The molecule has 4 aromatic rings. The van der Waals surface area contributed by atoms with Gasteiger partial charge in [0.05, 0.1) is 29.1 Å². The summed E-state index contributed by atoms with van der Waals surface area (Å²) < 4.78 is 44.4. The summed E-state index contributed by atoms with van der Waals surface area (Å²) in [5, 5.41) is 17.6. The highest BCUT2D eigenvalue weighted by molar-refractivity contribution is 6.32. The number of alkyl halides is 3. The number of halogens is 5. The molecule has 0 saturated heterocycles. The fraction of sp³-hybridized carbons (Fsp3) is 0.217. The molecule has 2 N–H and O–H groups in total. The standard InChI is InChI=1S/C23H19Cl2F3N10O4/c1-11-7-12(24)8-14(19(39)33-36(2)22(41)42-3)17(11)30-20(40)16-9-13(10-37-34-21(31-35-37)23(26,27)28)32-38(16)18-15(25)5-4-6-29-18/h4-9H,10H2,1-3H3,(H,30,40)(H,33,39). The van der Waals surface area contributed by atoms with Gasteiger partial charge >= 0.3 is 12.3 Å². The zero-order chi connectivity index (χ0) is 30.8. The Bertz CT molecular complexity index is 1670. The summed E-state index contributed by atoms with van der Waals surface area (Å²) in [6.45, 7) is 1.18. The van der Waals surface area contributed by atoms with Crippen molar-refractivity contribution < 1.29 is 32.3 Å². The van der Waals surface area contributed by atoms with Crippen LogP contribution in [-0.2, 0) is 17.5 Å². The lowest BCUT2D eigenvalue weighted by Gasteiger charge is -2.19. The Morgan fingerprint density at radius 3 is 2.50 bits per heavy atom. The number of carbonyl (C=O) groups excluding carboxylic acids is 3. The number of methoxy groups -OCH3 is 1. The molecule has 3 aromatic heterocycles. The van der Waals surface area contributed by atoms with Crippen LogP contribution in [0.25, 0.3) is 5.82 Å². The number of rotatable bonds is 6. The molecule has 1 aromatic carbocycles. The van der Waals surface area contributed by atoms with Gasteiger partial charge in [-0.15, -0.1) is 10.2 Å². The van der Waals surface area contributed by atoms with Crippen molar-refractivity contribution >= 4 is 46.8 Å². The second-order valence-corrected chi connectivity index (χ2v) is 9.30. The van der Waals surface area contributed by atoms with Gasteiger partial charge in [-0.2, -0.15) is 23.1 Å². The van der Waals surface area contributed by atoms with Crippen molar-refractivity contribution in [2.24, 2.45) is 0 Å². The van der Waals surface area contributed by atoms with E-state index < -0.39 is 36.5 Å². The molecular formula is C23H19Cl2F3N10O4. The van der Waals surface area contributed by atoms with Crippen LogP contribution >= 0.6 is 23.2 Å². The quantitative estimate of drug-likeness (QED) is 0.305. The second kappa shape index (κ2) is 12.0. The van der Waals surface area contributed by atoms with Crippen LogP contribution in [0, 0.1) is 6.92 Å². The maximum atomic E-state index is 13.6. The largest absolute Gasteiger partial charge is 0.455 e. The van der Waals surface area contributed by atoms with Gasteiger partial charge in [-0.25, -0.2) is 19.5 Å². The van der Waals surface area contributed by atoms with E-state index in [1.54, 1.807) is 13.0 Å². The summed E-state index contributed by atoms with van der Waals surface area (Å²) in [5.74, 6) is -3.03. The lowest BCUT2D eigenvalue weighted by molar-refractivity contribution is -0.145. The van der Waals surface area contributed by atoms with Crippen molar-refractivity contribution in [2.75, 3.05) is 19.5 Å². The number of carbonyl (C=O) groups is 3. The first kappa shape index (κ1) is 30.2. The van der Waals surface area contributed by atoms with Crippen molar-refractivity contribution in [1.29, 1.82) is 0 Å². The topological polar surface area (TPSA) is 162 Å². The van der Waals surface area contributed by atoms with E-state index in [2.05, 4.69) is 41.0 Å². The van der Waals surface area contributed by atoms with E-state index in [1.807, 2.05) is 0 Å². The lowest BCUT2D eigenvalue weighted by Crippen LogP contribution is -2.43. The average Bonchev–Trinajstić information content (AvgIpc) is 3.57. The number of nitrogens with zero attached hydrogens (tertiary/aromatic N) is 8. The van der Waals surface area contributed by atoms with E-state index in [9.17, 15) is 27.6 Å². The van der Waals surface area contributed by atoms with Gasteiger partial charge < -0.3 is 10.1 Å². The SMILES string of the molecule is COC(=O)N(C)NC(=O)c1cc(Cl)cc(C)c1NC(=O)c1cc(Cn2nnc(C(F)(F)F)n2)nn1-c1ncccc1Cl. The fourth-order valence-corrected chi connectivity index (χ4v) is 4.07. The number of tetrazole rings is 1. The first-order valence-electron chi connectivity index (χ1n) is 11.6. The molecule has 0 radical (unpaired) electrons. The minimum atomic E-state index is -4.81. The van der Waals surface area contributed by atoms with Gasteiger partial charge in [0.1, 0.15) is 12.2 Å². The molecule has 14 nitrogen and oxygen atoms in total. The van der Waals surface area contributed by atoms with Crippen LogP contribution in [-0.4, -0.2) is 72.0 Å². The third kappa shape index (κ3) is 6.58. The van der Waals surface area contributed by atoms with Gasteiger partial charge in [0.2, 0.25) is 0 Å². The van der Waals surface area contributed by atoms with Gasteiger partial charge in [-0.1, -0.05) is 23.2 Å². The monoisotopic (exact) mass is 626 g/mol. The van der Waals surface area contributed by atoms with Gasteiger partial charge in [0.25, 0.3) is 17.6 Å². The number of aromatic nitrogens is 7. The maximum Gasteiger partial charge on any atom is 0.455 e. The molecule has 3 amide bonds. The second-order valence-electron chi connectivity index (χ2n) is 8.45. The van der Waals surface area contributed by atoms with Crippen molar-refractivity contribution in [2.45, 2.75) is 19.6 Å². The molecule has 0 unspecified atom stereocenters. The highest BCUT2D eigenvalue weighted by Gasteiger charge is 2.37. The molecular weight excluding hydrogens is 608 g/mol. The molecule has 0 bridgehead atoms. The van der Waals surface area contributed by atoms with Crippen LogP contribution in [0.5, 0.6) is 0 Å². The summed E-state index contributed by atoms with van der Waals surface area (Å²) in [5.41, 5.74) is 2.52. The molecule has 42 heavy (non-hydrogen) atoms. The first-order valence-corrected chi connectivity index (χ1v) is 12.3. The Balaban J connectivity index is 1.72. The smallest absolute Gasteiger partial charge is 0.452 e. The number of hydrogen-bond donors (Lipinski definition) is 2. The van der Waals surface area contributed by atoms with E-state index in [1.165, 1.54) is 37.5 Å².